The summed E-state index contributed by atoms with van der Waals surface area (Å²) in [7, 11) is -3.26. The van der Waals surface area contributed by atoms with Crippen LogP contribution in [0.1, 0.15) is 69.7 Å². The first-order valence-corrected chi connectivity index (χ1v) is 19.6. The van der Waals surface area contributed by atoms with Crippen LogP contribution in [0, 0.1) is 0 Å². The van der Waals surface area contributed by atoms with Crippen LogP contribution in [0.4, 0.5) is 31.1 Å². The smallest absolute Gasteiger partial charge is 0.417 e. The minimum absolute atomic E-state index is 0.0212. The molecule has 0 radical (unpaired) electrons. The Hall–Kier alpha value is -4.92. The van der Waals surface area contributed by atoms with Gasteiger partial charge in [-0.1, -0.05) is 35.9 Å². The molecule has 10 nitrogen and oxygen atoms in total. The van der Waals surface area contributed by atoms with Crippen LogP contribution in [-0.4, -0.2) is 52.9 Å². The van der Waals surface area contributed by atoms with E-state index in [4.69, 9.17) is 23.3 Å². The number of hydrogen-bond acceptors (Lipinski definition) is 9. The number of aromatic nitrogens is 2. The van der Waals surface area contributed by atoms with Gasteiger partial charge in [0.2, 0.25) is 11.8 Å². The van der Waals surface area contributed by atoms with Gasteiger partial charge in [0, 0.05) is 37.6 Å². The summed E-state index contributed by atoms with van der Waals surface area (Å²) in [5, 5.41) is 0. The molecule has 1 saturated heterocycles. The summed E-state index contributed by atoms with van der Waals surface area (Å²) < 4.78 is 115. The fraction of sp³-hybridized carbons (Fsp3) is 0.375. The number of ether oxygens (including phenoxy) is 3. The quantitative estimate of drug-likeness (QED) is 0.108. The highest BCUT2D eigenvalue weighted by Gasteiger charge is 2.32. The Balaban J connectivity index is 0.000000257. The Morgan fingerprint density at radius 2 is 1.26 bits per heavy atom. The fourth-order valence-corrected chi connectivity index (χ4v) is 6.95. The number of piperidine rings is 1. The minimum Gasteiger partial charge on any atom is -0.444 e. The summed E-state index contributed by atoms with van der Waals surface area (Å²) >= 11 is 0. The van der Waals surface area contributed by atoms with E-state index in [1.165, 1.54) is 11.6 Å². The first-order chi connectivity index (χ1) is 26.7. The van der Waals surface area contributed by atoms with Gasteiger partial charge in [0.1, 0.15) is 17.1 Å². The third kappa shape index (κ3) is 14.8. The monoisotopic (exact) mass is 823 g/mol. The molecule has 0 N–H and O–H groups in total. The van der Waals surface area contributed by atoms with Crippen molar-refractivity contribution in [2.45, 2.75) is 71.6 Å². The highest BCUT2D eigenvalue weighted by atomic mass is 31.2. The second-order valence-corrected chi connectivity index (χ2v) is 15.6. The summed E-state index contributed by atoms with van der Waals surface area (Å²) in [6, 6.07) is 18.0. The van der Waals surface area contributed by atoms with Gasteiger partial charge in [-0.05, 0) is 95.0 Å². The van der Waals surface area contributed by atoms with Crippen molar-refractivity contribution in [3.63, 3.8) is 0 Å². The highest BCUT2D eigenvalue weighted by Crippen LogP contribution is 2.51. The van der Waals surface area contributed by atoms with E-state index < -0.39 is 36.7 Å². The molecule has 1 aliphatic rings. The number of halogens is 6. The Morgan fingerprint density at radius 3 is 1.72 bits per heavy atom. The van der Waals surface area contributed by atoms with E-state index in [0.717, 1.165) is 42.8 Å². The second kappa shape index (κ2) is 19.5. The molecule has 0 unspecified atom stereocenters. The summed E-state index contributed by atoms with van der Waals surface area (Å²) in [5.41, 5.74) is 0.564. The van der Waals surface area contributed by atoms with Gasteiger partial charge in [0.05, 0.1) is 30.5 Å². The number of benzene rings is 2. The van der Waals surface area contributed by atoms with Gasteiger partial charge >= 0.3 is 26.0 Å². The first-order valence-electron chi connectivity index (χ1n) is 17.9. The molecule has 57 heavy (non-hydrogen) atoms. The molecule has 1 fully saturated rings. The van der Waals surface area contributed by atoms with Crippen molar-refractivity contribution in [3.05, 3.63) is 113 Å². The van der Waals surface area contributed by atoms with Crippen LogP contribution in [0.25, 0.3) is 6.08 Å². The van der Waals surface area contributed by atoms with Gasteiger partial charge in [-0.15, -0.1) is 0 Å². The Kier molecular flexibility index (Phi) is 15.3. The zero-order chi connectivity index (χ0) is 41.9. The van der Waals surface area contributed by atoms with Crippen molar-refractivity contribution in [1.29, 1.82) is 0 Å². The van der Waals surface area contributed by atoms with Crippen molar-refractivity contribution < 1.29 is 59.0 Å². The normalized spacial score (nSPS) is 13.7. The van der Waals surface area contributed by atoms with E-state index in [0.29, 0.717) is 36.3 Å². The maximum absolute atomic E-state index is 12.6. The lowest BCUT2D eigenvalue weighted by atomic mass is 10.0. The van der Waals surface area contributed by atoms with E-state index in [1.54, 1.807) is 55.1 Å². The summed E-state index contributed by atoms with van der Waals surface area (Å²) in [6.07, 6.45) is -4.15. The maximum atomic E-state index is 12.6. The summed E-state index contributed by atoms with van der Waals surface area (Å²) in [6.45, 7) is 10.7. The third-order valence-electron chi connectivity index (χ3n) is 7.78. The lowest BCUT2D eigenvalue weighted by Gasteiger charge is -2.31. The molecule has 0 saturated carbocycles. The number of carbonyl (C=O) groups excluding carboxylic acids is 1. The van der Waals surface area contributed by atoms with Gasteiger partial charge in [0.25, 0.3) is 0 Å². The molecule has 4 aromatic rings. The molecule has 2 aromatic heterocycles. The molecule has 0 spiro atoms. The predicted octanol–water partition coefficient (Wildman–Crippen LogP) is 12.0. The Bertz CT molecular complexity index is 1980. The zero-order valence-corrected chi connectivity index (χ0v) is 32.9. The van der Waals surface area contributed by atoms with Crippen LogP contribution >= 0.6 is 7.60 Å². The average molecular weight is 824 g/mol. The lowest BCUT2D eigenvalue weighted by molar-refractivity contribution is -0.138. The van der Waals surface area contributed by atoms with E-state index in [-0.39, 0.29) is 37.2 Å². The van der Waals surface area contributed by atoms with Crippen LogP contribution < -0.4 is 9.47 Å². The SMILES string of the molecule is CC(C)(C)OC(=O)N1CCC(=Cc2cccc(Oc3ccc(C(F)(F)F)cn3)c2)CC1.CCOP(=O)(Cc1cccc(Oc2ccc(C(F)(F)F)cn2)c1)OCC. The molecule has 17 heteroatoms. The summed E-state index contributed by atoms with van der Waals surface area (Å²) in [4.78, 5) is 21.3. The van der Waals surface area contributed by atoms with Gasteiger partial charge in [-0.3, -0.25) is 4.57 Å². The topological polar surface area (TPSA) is 109 Å². The predicted molar refractivity (Wildman–Crippen MR) is 201 cm³/mol. The number of nitrogens with zero attached hydrogens (tertiary/aromatic N) is 3. The van der Waals surface area contributed by atoms with Crippen molar-refractivity contribution >= 4 is 19.8 Å². The van der Waals surface area contributed by atoms with Crippen LogP contribution in [0.3, 0.4) is 0 Å². The highest BCUT2D eigenvalue weighted by molar-refractivity contribution is 7.53. The summed E-state index contributed by atoms with van der Waals surface area (Å²) in [5.74, 6) is 0.943. The van der Waals surface area contributed by atoms with Crippen LogP contribution in [0.2, 0.25) is 0 Å². The van der Waals surface area contributed by atoms with Crippen LogP contribution in [0.5, 0.6) is 23.3 Å². The van der Waals surface area contributed by atoms with Gasteiger partial charge in [-0.25, -0.2) is 14.8 Å². The number of rotatable bonds is 11. The molecular weight excluding hydrogens is 779 g/mol. The zero-order valence-electron chi connectivity index (χ0n) is 32.0. The first kappa shape index (κ1) is 44.8. The van der Waals surface area contributed by atoms with E-state index >= 15 is 0 Å². The molecule has 1 aliphatic heterocycles. The molecule has 0 aliphatic carbocycles. The maximum Gasteiger partial charge on any atom is 0.417 e. The molecular formula is C40H44F6N3O7P. The van der Waals surface area contributed by atoms with Crippen molar-refractivity contribution in [2.24, 2.45) is 0 Å². The number of carbonyl (C=O) groups is 1. The Morgan fingerprint density at radius 1 is 0.754 bits per heavy atom. The minimum atomic E-state index is -4.45. The molecule has 3 heterocycles. The van der Waals surface area contributed by atoms with E-state index in [1.807, 2.05) is 39.0 Å². The van der Waals surface area contributed by atoms with E-state index in [9.17, 15) is 35.7 Å². The lowest BCUT2D eigenvalue weighted by Crippen LogP contribution is -2.40. The Labute approximate surface area is 327 Å². The molecule has 2 aromatic carbocycles. The number of alkyl halides is 6. The van der Waals surface area contributed by atoms with Gasteiger partial charge < -0.3 is 28.2 Å². The van der Waals surface area contributed by atoms with Crippen LogP contribution in [-0.2, 0) is 36.9 Å². The van der Waals surface area contributed by atoms with Crippen molar-refractivity contribution in [3.8, 4) is 23.3 Å². The molecule has 308 valence electrons. The van der Waals surface area contributed by atoms with Crippen molar-refractivity contribution in [2.75, 3.05) is 26.3 Å². The van der Waals surface area contributed by atoms with Crippen molar-refractivity contribution in [1.82, 2.24) is 14.9 Å². The molecule has 1 amide bonds. The number of pyridine rings is 2. The standard InChI is InChI=1S/C23H25F3N2O3.C17H19F3NO4P/c1-22(2,3)31-21(29)28-11-9-16(10-12-28)13-17-5-4-6-19(14-17)30-20-8-7-18(15-27-20)23(24,25)26;1-3-23-26(22,24-4-2)12-13-6-5-7-15(10-13)25-16-9-8-14(11-21-16)17(18,19)20/h4-8,13-15H,9-12H2,1-3H3;5-11H,3-4,12H2,1-2H3. The largest absolute Gasteiger partial charge is 0.444 e. The van der Waals surface area contributed by atoms with Gasteiger partial charge in [-0.2, -0.15) is 26.3 Å². The third-order valence-corrected chi connectivity index (χ3v) is 9.84. The molecule has 0 bridgehead atoms. The number of likely N-dealkylation sites (tertiary alicyclic amines) is 1. The van der Waals surface area contributed by atoms with Crippen LogP contribution in [0.15, 0.2) is 90.8 Å². The average Bonchev–Trinajstić information content (AvgIpc) is 3.12. The molecule has 0 atom stereocenters. The fourth-order valence-electron chi connectivity index (χ4n) is 5.26. The number of hydrogen-bond donors (Lipinski definition) is 0. The number of amides is 1. The van der Waals surface area contributed by atoms with Gasteiger partial charge in [0.15, 0.2) is 0 Å². The second-order valence-electron chi connectivity index (χ2n) is 13.6. The molecule has 5 rings (SSSR count). The van der Waals surface area contributed by atoms with E-state index in [2.05, 4.69) is 9.97 Å².